The lowest BCUT2D eigenvalue weighted by atomic mass is 9.96. The normalized spacial score (nSPS) is 18.0. The third kappa shape index (κ3) is 4.05. The van der Waals surface area contributed by atoms with Gasteiger partial charge in [-0.3, -0.25) is 0 Å². The number of nitrogens with one attached hydrogen (secondary N) is 1. The molecular formula is C19H31N3O. The van der Waals surface area contributed by atoms with Crippen molar-refractivity contribution in [2.45, 2.75) is 51.1 Å². The van der Waals surface area contributed by atoms with E-state index in [-0.39, 0.29) is 17.6 Å². The Hall–Kier alpha value is -1.55. The molecule has 0 aromatic heterocycles. The van der Waals surface area contributed by atoms with E-state index in [9.17, 15) is 4.79 Å². The maximum atomic E-state index is 12.5. The summed E-state index contributed by atoms with van der Waals surface area (Å²) in [6, 6.07) is 8.46. The molecule has 0 unspecified atom stereocenters. The van der Waals surface area contributed by atoms with Gasteiger partial charge in [0.25, 0.3) is 0 Å². The van der Waals surface area contributed by atoms with Crippen molar-refractivity contribution in [2.24, 2.45) is 0 Å². The lowest BCUT2D eigenvalue weighted by molar-refractivity contribution is 0.145. The van der Waals surface area contributed by atoms with Crippen LogP contribution >= 0.6 is 0 Å². The summed E-state index contributed by atoms with van der Waals surface area (Å²) in [4.78, 5) is 16.6. The Balaban J connectivity index is 1.95. The second-order valence-electron chi connectivity index (χ2n) is 7.18. The van der Waals surface area contributed by atoms with Gasteiger partial charge in [-0.2, -0.15) is 0 Å². The summed E-state index contributed by atoms with van der Waals surface area (Å²) in [7, 11) is 6.11. The third-order valence-corrected chi connectivity index (χ3v) is 5.51. The first-order valence-corrected chi connectivity index (χ1v) is 8.60. The van der Waals surface area contributed by atoms with Crippen LogP contribution in [0.15, 0.2) is 24.3 Å². The number of benzene rings is 1. The van der Waals surface area contributed by atoms with E-state index in [0.29, 0.717) is 0 Å². The van der Waals surface area contributed by atoms with E-state index >= 15 is 0 Å². The Kier molecular flexibility index (Phi) is 5.69. The predicted molar refractivity (Wildman–Crippen MR) is 95.6 cm³/mol. The van der Waals surface area contributed by atoms with Gasteiger partial charge in [0.1, 0.15) is 0 Å². The highest BCUT2D eigenvalue weighted by atomic mass is 16.2. The van der Waals surface area contributed by atoms with Crippen LogP contribution in [0.5, 0.6) is 0 Å². The summed E-state index contributed by atoms with van der Waals surface area (Å²) in [5.74, 6) is 0. The van der Waals surface area contributed by atoms with Crippen molar-refractivity contribution < 1.29 is 4.79 Å². The fourth-order valence-corrected chi connectivity index (χ4v) is 3.42. The van der Waals surface area contributed by atoms with Crippen LogP contribution in [0.2, 0.25) is 0 Å². The highest BCUT2D eigenvalue weighted by Crippen LogP contribution is 2.33. The van der Waals surface area contributed by atoms with E-state index in [0.717, 1.165) is 24.9 Å². The smallest absolute Gasteiger partial charge is 0.317 e. The number of hydrogen-bond acceptors (Lipinski definition) is 2. The Morgan fingerprint density at radius 2 is 1.74 bits per heavy atom. The van der Waals surface area contributed by atoms with Crippen molar-refractivity contribution >= 4 is 6.03 Å². The zero-order valence-corrected chi connectivity index (χ0v) is 15.2. The van der Waals surface area contributed by atoms with Gasteiger partial charge in [0.05, 0.1) is 6.04 Å². The molecule has 0 aliphatic heterocycles. The summed E-state index contributed by atoms with van der Waals surface area (Å²) in [5.41, 5.74) is 2.53. The Bertz CT molecular complexity index is 518. The number of carbonyl (C=O) groups excluding carboxylic acids is 1. The lowest BCUT2D eigenvalue weighted by Gasteiger charge is -2.37. The summed E-state index contributed by atoms with van der Waals surface area (Å²) in [6.45, 7) is 4.87. The van der Waals surface area contributed by atoms with Crippen LogP contribution in [0.1, 0.15) is 49.8 Å². The van der Waals surface area contributed by atoms with E-state index in [1.54, 1.807) is 4.90 Å². The molecule has 128 valence electrons. The number of carbonyl (C=O) groups is 1. The molecule has 1 aliphatic rings. The highest BCUT2D eigenvalue weighted by molar-refractivity contribution is 5.74. The van der Waals surface area contributed by atoms with E-state index in [2.05, 4.69) is 62.4 Å². The number of urea groups is 1. The molecule has 1 aromatic carbocycles. The Morgan fingerprint density at radius 1 is 1.17 bits per heavy atom. The minimum Gasteiger partial charge on any atom is -0.336 e. The first-order valence-electron chi connectivity index (χ1n) is 8.60. The van der Waals surface area contributed by atoms with Gasteiger partial charge >= 0.3 is 6.03 Å². The second-order valence-corrected chi connectivity index (χ2v) is 7.18. The molecule has 1 saturated carbocycles. The van der Waals surface area contributed by atoms with Crippen LogP contribution < -0.4 is 5.32 Å². The molecule has 1 atom stereocenters. The highest BCUT2D eigenvalue weighted by Gasteiger charge is 2.36. The minimum absolute atomic E-state index is 0.00574. The van der Waals surface area contributed by atoms with Crippen LogP contribution in [0.4, 0.5) is 4.79 Å². The second kappa shape index (κ2) is 7.35. The first kappa shape index (κ1) is 17.8. The third-order valence-electron chi connectivity index (χ3n) is 5.51. The average Bonchev–Trinajstić information content (AvgIpc) is 3.02. The molecule has 0 radical (unpaired) electrons. The topological polar surface area (TPSA) is 35.6 Å². The largest absolute Gasteiger partial charge is 0.336 e. The molecule has 23 heavy (non-hydrogen) atoms. The van der Waals surface area contributed by atoms with E-state index in [1.807, 2.05) is 7.05 Å². The minimum atomic E-state index is 0.00574. The van der Waals surface area contributed by atoms with Gasteiger partial charge < -0.3 is 15.1 Å². The molecule has 1 N–H and O–H groups in total. The lowest BCUT2D eigenvalue weighted by Crippen LogP contribution is -2.52. The molecule has 0 bridgehead atoms. The molecule has 1 fully saturated rings. The van der Waals surface area contributed by atoms with Gasteiger partial charge in [-0.25, -0.2) is 4.79 Å². The van der Waals surface area contributed by atoms with Gasteiger partial charge in [0, 0.05) is 19.1 Å². The monoisotopic (exact) mass is 317 g/mol. The SMILES string of the molecule is Cc1ccc([C@@H](C)N(C)C(=O)NCC2(N(C)C)CCCC2)cc1. The number of rotatable bonds is 5. The van der Waals surface area contributed by atoms with E-state index < -0.39 is 0 Å². The van der Waals surface area contributed by atoms with Crippen molar-refractivity contribution in [2.75, 3.05) is 27.7 Å². The predicted octanol–water partition coefficient (Wildman–Crippen LogP) is 3.57. The molecule has 0 heterocycles. The van der Waals surface area contributed by atoms with Crippen molar-refractivity contribution in [3.63, 3.8) is 0 Å². The van der Waals surface area contributed by atoms with Crippen LogP contribution in [-0.4, -0.2) is 49.1 Å². The van der Waals surface area contributed by atoms with Gasteiger partial charge in [0.15, 0.2) is 0 Å². The van der Waals surface area contributed by atoms with Gasteiger partial charge in [-0.15, -0.1) is 0 Å². The summed E-state index contributed by atoms with van der Waals surface area (Å²) < 4.78 is 0. The van der Waals surface area contributed by atoms with Crippen LogP contribution in [0, 0.1) is 6.92 Å². The average molecular weight is 317 g/mol. The molecule has 2 amide bonds. The van der Waals surface area contributed by atoms with Crippen molar-refractivity contribution in [1.29, 1.82) is 0 Å². The molecule has 1 aromatic rings. The van der Waals surface area contributed by atoms with Gasteiger partial charge in [0.2, 0.25) is 0 Å². The Labute approximate surface area is 140 Å². The zero-order valence-electron chi connectivity index (χ0n) is 15.2. The summed E-state index contributed by atoms with van der Waals surface area (Å²) in [5, 5.41) is 3.15. The maximum Gasteiger partial charge on any atom is 0.317 e. The van der Waals surface area contributed by atoms with Crippen LogP contribution in [0.25, 0.3) is 0 Å². The van der Waals surface area contributed by atoms with E-state index in [4.69, 9.17) is 0 Å². The summed E-state index contributed by atoms with van der Waals surface area (Å²) in [6.07, 6.45) is 4.84. The molecule has 4 heteroatoms. The quantitative estimate of drug-likeness (QED) is 0.901. The molecule has 4 nitrogen and oxygen atoms in total. The number of likely N-dealkylation sites (N-methyl/N-ethyl adjacent to an activating group) is 1. The molecule has 0 spiro atoms. The first-order chi connectivity index (χ1) is 10.9. The van der Waals surface area contributed by atoms with Gasteiger partial charge in [-0.05, 0) is 46.3 Å². The number of nitrogens with zero attached hydrogens (tertiary/aromatic N) is 2. The van der Waals surface area contributed by atoms with Crippen LogP contribution in [0.3, 0.4) is 0 Å². The number of aryl methyl sites for hydroxylation is 1. The molecular weight excluding hydrogens is 286 g/mol. The zero-order chi connectivity index (χ0) is 17.0. The molecule has 2 rings (SSSR count). The van der Waals surface area contributed by atoms with Gasteiger partial charge in [-0.1, -0.05) is 42.7 Å². The fraction of sp³-hybridized carbons (Fsp3) is 0.632. The molecule has 0 saturated heterocycles. The standard InChI is InChI=1S/C19H31N3O/c1-15-8-10-17(11-9-15)16(2)22(5)18(23)20-14-19(21(3)4)12-6-7-13-19/h8-11,16H,6-7,12-14H2,1-5H3,(H,20,23)/t16-/m1/s1. The van der Waals surface area contributed by atoms with Crippen molar-refractivity contribution in [3.05, 3.63) is 35.4 Å². The number of hydrogen-bond donors (Lipinski definition) is 1. The van der Waals surface area contributed by atoms with Crippen LogP contribution in [-0.2, 0) is 0 Å². The number of amides is 2. The van der Waals surface area contributed by atoms with Crippen molar-refractivity contribution in [3.8, 4) is 0 Å². The maximum absolute atomic E-state index is 12.5. The molecule has 1 aliphatic carbocycles. The fourth-order valence-electron chi connectivity index (χ4n) is 3.42. The van der Waals surface area contributed by atoms with E-state index in [1.165, 1.54) is 18.4 Å². The summed E-state index contributed by atoms with van der Waals surface area (Å²) >= 11 is 0. The van der Waals surface area contributed by atoms with Crippen molar-refractivity contribution in [1.82, 2.24) is 15.1 Å². The Morgan fingerprint density at radius 3 is 2.26 bits per heavy atom.